The van der Waals surface area contributed by atoms with Gasteiger partial charge in [-0.1, -0.05) is 29.5 Å². The third-order valence-electron chi connectivity index (χ3n) is 6.31. The number of carbonyl (C=O) groups is 1. The fourth-order valence-corrected chi connectivity index (χ4v) is 6.97. The van der Waals surface area contributed by atoms with Gasteiger partial charge in [0.05, 0.1) is 34.7 Å². The van der Waals surface area contributed by atoms with E-state index >= 15 is 0 Å². The summed E-state index contributed by atoms with van der Waals surface area (Å²) in [7, 11) is -2.06. The summed E-state index contributed by atoms with van der Waals surface area (Å²) in [4.78, 5) is 20.5. The number of nitrogens with zero attached hydrogens (tertiary/aromatic N) is 5. The van der Waals surface area contributed by atoms with E-state index in [1.54, 1.807) is 53.2 Å². The summed E-state index contributed by atoms with van der Waals surface area (Å²) in [5, 5.41) is 4.84. The number of methoxy groups -OCH3 is 1. The molecular weight excluding hydrogens is 498 g/mol. The van der Waals surface area contributed by atoms with Crippen molar-refractivity contribution in [1.29, 1.82) is 0 Å². The molecule has 1 amide bonds. The van der Waals surface area contributed by atoms with Gasteiger partial charge >= 0.3 is 0 Å². The number of anilines is 1. The molecule has 0 aliphatic carbocycles. The molecule has 36 heavy (non-hydrogen) atoms. The van der Waals surface area contributed by atoms with Crippen molar-refractivity contribution in [3.05, 3.63) is 67.0 Å². The van der Waals surface area contributed by atoms with Crippen LogP contribution in [0, 0.1) is 5.92 Å². The lowest BCUT2D eigenvalue weighted by atomic mass is 9.98. The molecule has 1 aliphatic heterocycles. The molecule has 0 spiro atoms. The molecule has 1 aliphatic rings. The molecule has 3 heterocycles. The Morgan fingerprint density at radius 1 is 1.19 bits per heavy atom. The third kappa shape index (κ3) is 4.99. The number of hydrogen-bond acceptors (Lipinski definition) is 7. The summed E-state index contributed by atoms with van der Waals surface area (Å²) in [5.41, 5.74) is 0.782. The summed E-state index contributed by atoms with van der Waals surface area (Å²) < 4.78 is 35.9. The van der Waals surface area contributed by atoms with Crippen LogP contribution in [0.25, 0.3) is 10.2 Å². The Kier molecular flexibility index (Phi) is 7.04. The highest BCUT2D eigenvalue weighted by atomic mass is 32.2. The SMILES string of the molecule is COc1ccc2nc(N(CCn3cccn3)C(=O)C3CCCN(S(=O)(=O)c4ccccc4)C3)sc2c1. The minimum Gasteiger partial charge on any atom is -0.497 e. The van der Waals surface area contributed by atoms with Crippen molar-refractivity contribution in [2.45, 2.75) is 24.3 Å². The topological polar surface area (TPSA) is 97.6 Å². The molecule has 0 bridgehead atoms. The van der Waals surface area contributed by atoms with Crippen molar-refractivity contribution in [1.82, 2.24) is 19.1 Å². The molecule has 2 aromatic heterocycles. The maximum Gasteiger partial charge on any atom is 0.243 e. The lowest BCUT2D eigenvalue weighted by Crippen LogP contribution is -2.47. The minimum atomic E-state index is -3.67. The number of benzene rings is 2. The number of aromatic nitrogens is 3. The predicted molar refractivity (Wildman–Crippen MR) is 139 cm³/mol. The molecule has 0 radical (unpaired) electrons. The maximum absolute atomic E-state index is 13.9. The van der Waals surface area contributed by atoms with Gasteiger partial charge in [0.1, 0.15) is 5.75 Å². The van der Waals surface area contributed by atoms with Gasteiger partial charge in [-0.05, 0) is 49.2 Å². The Bertz CT molecular complexity index is 1440. The lowest BCUT2D eigenvalue weighted by Gasteiger charge is -2.33. The maximum atomic E-state index is 13.9. The van der Waals surface area contributed by atoms with Gasteiger partial charge in [-0.15, -0.1) is 0 Å². The second-order valence-electron chi connectivity index (χ2n) is 8.60. The van der Waals surface area contributed by atoms with Crippen LogP contribution < -0.4 is 9.64 Å². The lowest BCUT2D eigenvalue weighted by molar-refractivity contribution is -0.123. The zero-order valence-corrected chi connectivity index (χ0v) is 21.5. The summed E-state index contributed by atoms with van der Waals surface area (Å²) in [5.74, 6) is 0.138. The quantitative estimate of drug-likeness (QED) is 0.348. The third-order valence-corrected chi connectivity index (χ3v) is 9.23. The van der Waals surface area contributed by atoms with Crippen LogP contribution in [0.2, 0.25) is 0 Å². The molecule has 1 fully saturated rings. The van der Waals surface area contributed by atoms with Crippen molar-refractivity contribution in [3.63, 3.8) is 0 Å². The standard InChI is InChI=1S/C25H27N5O4S2/c1-34-20-10-11-22-23(17-20)35-25(27-22)30(16-15-28-13-6-12-26-28)24(31)19-7-5-14-29(18-19)36(32,33)21-8-3-2-4-9-21/h2-4,6,8-13,17,19H,5,7,14-16,18H2,1H3. The van der Waals surface area contributed by atoms with Crippen molar-refractivity contribution in [2.24, 2.45) is 5.92 Å². The first kappa shape index (κ1) is 24.4. The van der Waals surface area contributed by atoms with Gasteiger partial charge in [0.2, 0.25) is 15.9 Å². The van der Waals surface area contributed by atoms with Crippen LogP contribution in [0.3, 0.4) is 0 Å². The number of hydrogen-bond donors (Lipinski definition) is 0. The molecule has 188 valence electrons. The molecule has 9 nitrogen and oxygen atoms in total. The number of ether oxygens (including phenoxy) is 1. The van der Waals surface area contributed by atoms with Crippen LogP contribution in [0.5, 0.6) is 5.75 Å². The van der Waals surface area contributed by atoms with E-state index in [1.165, 1.54) is 15.6 Å². The largest absolute Gasteiger partial charge is 0.497 e. The van der Waals surface area contributed by atoms with Crippen LogP contribution in [-0.4, -0.2) is 60.1 Å². The average Bonchev–Trinajstić information content (AvgIpc) is 3.59. The van der Waals surface area contributed by atoms with Crippen LogP contribution in [-0.2, 0) is 21.4 Å². The fourth-order valence-electron chi connectivity index (χ4n) is 4.39. The molecule has 1 unspecified atom stereocenters. The van der Waals surface area contributed by atoms with Gasteiger partial charge in [0.15, 0.2) is 5.13 Å². The Balaban J connectivity index is 1.42. The highest BCUT2D eigenvalue weighted by molar-refractivity contribution is 7.89. The average molecular weight is 526 g/mol. The smallest absolute Gasteiger partial charge is 0.243 e. The Morgan fingerprint density at radius 2 is 2.03 bits per heavy atom. The molecule has 0 N–H and O–H groups in total. The number of thiazole rings is 1. The van der Waals surface area contributed by atoms with Gasteiger partial charge in [0.25, 0.3) is 0 Å². The van der Waals surface area contributed by atoms with E-state index in [9.17, 15) is 13.2 Å². The van der Waals surface area contributed by atoms with E-state index in [2.05, 4.69) is 5.10 Å². The van der Waals surface area contributed by atoms with E-state index < -0.39 is 15.9 Å². The predicted octanol–water partition coefficient (Wildman–Crippen LogP) is 3.64. The molecule has 2 aromatic carbocycles. The molecule has 1 atom stereocenters. The second kappa shape index (κ2) is 10.4. The molecular formula is C25H27N5O4S2. The van der Waals surface area contributed by atoms with Gasteiger partial charge in [-0.25, -0.2) is 13.4 Å². The Morgan fingerprint density at radius 3 is 2.78 bits per heavy atom. The summed E-state index contributed by atoms with van der Waals surface area (Å²) in [6, 6.07) is 15.8. The zero-order chi connectivity index (χ0) is 25.1. The summed E-state index contributed by atoms with van der Waals surface area (Å²) in [6.45, 7) is 1.42. The Labute approximate surface area is 214 Å². The molecule has 5 rings (SSSR count). The van der Waals surface area contributed by atoms with Crippen molar-refractivity contribution >= 4 is 42.6 Å². The van der Waals surface area contributed by atoms with Crippen molar-refractivity contribution in [3.8, 4) is 5.75 Å². The first-order chi connectivity index (χ1) is 17.5. The van der Waals surface area contributed by atoms with Crippen LogP contribution in [0.1, 0.15) is 12.8 Å². The normalized spacial score (nSPS) is 16.8. The number of fused-ring (bicyclic) bond motifs is 1. The van der Waals surface area contributed by atoms with Crippen LogP contribution in [0.15, 0.2) is 71.9 Å². The van der Waals surface area contributed by atoms with Gasteiger partial charge in [-0.2, -0.15) is 9.40 Å². The van der Waals surface area contributed by atoms with E-state index in [0.717, 1.165) is 16.0 Å². The number of rotatable bonds is 8. The number of piperidine rings is 1. The van der Waals surface area contributed by atoms with E-state index in [1.807, 2.05) is 30.5 Å². The molecule has 0 saturated carbocycles. The van der Waals surface area contributed by atoms with Crippen molar-refractivity contribution < 1.29 is 17.9 Å². The summed E-state index contributed by atoms with van der Waals surface area (Å²) >= 11 is 1.42. The van der Waals surface area contributed by atoms with Gasteiger partial charge in [0, 0.05) is 32.0 Å². The van der Waals surface area contributed by atoms with Crippen LogP contribution >= 0.6 is 11.3 Å². The first-order valence-corrected chi connectivity index (χ1v) is 14.0. The van der Waals surface area contributed by atoms with E-state index in [-0.39, 0.29) is 17.3 Å². The molecule has 4 aromatic rings. The molecule has 1 saturated heterocycles. The van der Waals surface area contributed by atoms with E-state index in [0.29, 0.717) is 37.6 Å². The highest BCUT2D eigenvalue weighted by Gasteiger charge is 2.36. The minimum absolute atomic E-state index is 0.124. The second-order valence-corrected chi connectivity index (χ2v) is 11.6. The number of carbonyl (C=O) groups excluding carboxylic acids is 1. The molecule has 11 heteroatoms. The van der Waals surface area contributed by atoms with Gasteiger partial charge in [-0.3, -0.25) is 14.4 Å². The number of amides is 1. The number of sulfonamides is 1. The van der Waals surface area contributed by atoms with Crippen LogP contribution in [0.4, 0.5) is 5.13 Å². The fraction of sp³-hybridized carbons (Fsp3) is 0.320. The highest BCUT2D eigenvalue weighted by Crippen LogP contribution is 2.33. The van der Waals surface area contributed by atoms with Gasteiger partial charge < -0.3 is 4.74 Å². The Hall–Kier alpha value is -3.28. The zero-order valence-electron chi connectivity index (χ0n) is 19.9. The summed E-state index contributed by atoms with van der Waals surface area (Å²) in [6.07, 6.45) is 4.79. The first-order valence-electron chi connectivity index (χ1n) is 11.7. The monoisotopic (exact) mass is 525 g/mol. The van der Waals surface area contributed by atoms with Crippen molar-refractivity contribution in [2.75, 3.05) is 31.6 Å². The van der Waals surface area contributed by atoms with E-state index in [4.69, 9.17) is 9.72 Å².